The first-order valence-electron chi connectivity index (χ1n) is 3.54. The van der Waals surface area contributed by atoms with E-state index < -0.39 is 0 Å². The molecule has 1 aromatic rings. The highest BCUT2D eigenvalue weighted by Gasteiger charge is 1.95. The van der Waals surface area contributed by atoms with E-state index in [9.17, 15) is 0 Å². The Morgan fingerprint density at radius 3 is 2.55 bits per heavy atom. The van der Waals surface area contributed by atoms with Crippen LogP contribution >= 0.6 is 0 Å². The average Bonchev–Trinajstić information content (AvgIpc) is 2.06. The Morgan fingerprint density at radius 2 is 2.00 bits per heavy atom. The molecule has 0 aliphatic carbocycles. The summed E-state index contributed by atoms with van der Waals surface area (Å²) in [6.45, 7) is 1.83. The molecule has 2 nitrogen and oxygen atoms in total. The Hall–Kier alpha value is -1.49. The van der Waals surface area contributed by atoms with Crippen molar-refractivity contribution in [3.63, 3.8) is 0 Å². The molecule has 0 spiro atoms. The highest BCUT2D eigenvalue weighted by molar-refractivity contribution is 5.44. The number of para-hydroxylation sites is 1. The van der Waals surface area contributed by atoms with Crippen LogP contribution in [0.5, 0.6) is 0 Å². The van der Waals surface area contributed by atoms with Crippen LogP contribution < -0.4 is 5.32 Å². The van der Waals surface area contributed by atoms with E-state index in [1.165, 1.54) is 0 Å². The number of rotatable bonds is 2. The van der Waals surface area contributed by atoms with Gasteiger partial charge in [0.15, 0.2) is 0 Å². The molecule has 0 aromatic heterocycles. The van der Waals surface area contributed by atoms with Crippen molar-refractivity contribution >= 4 is 5.69 Å². The Kier molecular flexibility index (Phi) is 2.51. The predicted octanol–water partition coefficient (Wildman–Crippen LogP) is 2.01. The summed E-state index contributed by atoms with van der Waals surface area (Å²) in [4.78, 5) is 0. The normalized spacial score (nSPS) is 11.6. The molecule has 1 atom stereocenters. The van der Waals surface area contributed by atoms with Gasteiger partial charge < -0.3 is 5.32 Å². The van der Waals surface area contributed by atoms with Crippen LogP contribution in [0.3, 0.4) is 0 Å². The molecule has 1 rings (SSSR count). The van der Waals surface area contributed by atoms with Crippen LogP contribution in [0.1, 0.15) is 6.92 Å². The SMILES string of the molecule is C[C@H](C#N)Nc1ccccc1. The number of hydrogen-bond acceptors (Lipinski definition) is 2. The van der Waals surface area contributed by atoms with Gasteiger partial charge >= 0.3 is 0 Å². The molecule has 0 aliphatic rings. The molecule has 11 heavy (non-hydrogen) atoms. The van der Waals surface area contributed by atoms with Crippen LogP contribution in [-0.4, -0.2) is 6.04 Å². The van der Waals surface area contributed by atoms with Gasteiger partial charge in [-0.25, -0.2) is 0 Å². The van der Waals surface area contributed by atoms with Crippen molar-refractivity contribution in [1.29, 1.82) is 5.26 Å². The second-order valence-electron chi connectivity index (χ2n) is 2.36. The Labute approximate surface area is 66.5 Å². The van der Waals surface area contributed by atoms with E-state index in [1.807, 2.05) is 37.3 Å². The second kappa shape index (κ2) is 3.62. The summed E-state index contributed by atoms with van der Waals surface area (Å²) in [6.07, 6.45) is 0. The van der Waals surface area contributed by atoms with Gasteiger partial charge in [-0.2, -0.15) is 5.26 Å². The van der Waals surface area contributed by atoms with Crippen LogP contribution in [0.4, 0.5) is 5.69 Å². The predicted molar refractivity (Wildman–Crippen MR) is 45.1 cm³/mol. The van der Waals surface area contributed by atoms with Gasteiger partial charge in [-0.3, -0.25) is 0 Å². The molecule has 0 unspecified atom stereocenters. The van der Waals surface area contributed by atoms with E-state index in [-0.39, 0.29) is 6.04 Å². The van der Waals surface area contributed by atoms with Crippen molar-refractivity contribution in [2.24, 2.45) is 0 Å². The summed E-state index contributed by atoms with van der Waals surface area (Å²) in [5.74, 6) is 0. The van der Waals surface area contributed by atoms with Gasteiger partial charge in [-0.1, -0.05) is 18.2 Å². The van der Waals surface area contributed by atoms with E-state index >= 15 is 0 Å². The van der Waals surface area contributed by atoms with Crippen LogP contribution in [0, 0.1) is 11.3 Å². The molecule has 2 heteroatoms. The zero-order valence-corrected chi connectivity index (χ0v) is 6.41. The van der Waals surface area contributed by atoms with Gasteiger partial charge in [-0.05, 0) is 19.1 Å². The molecule has 0 heterocycles. The van der Waals surface area contributed by atoms with Crippen LogP contribution in [0.2, 0.25) is 0 Å². The molecule has 0 radical (unpaired) electrons. The molecule has 0 fully saturated rings. The molecule has 56 valence electrons. The zero-order chi connectivity index (χ0) is 8.10. The number of nitriles is 1. The number of nitrogens with one attached hydrogen (secondary N) is 1. The van der Waals surface area contributed by atoms with Crippen molar-refractivity contribution < 1.29 is 0 Å². The van der Waals surface area contributed by atoms with Crippen molar-refractivity contribution in [2.45, 2.75) is 13.0 Å². The third-order valence-electron chi connectivity index (χ3n) is 1.35. The summed E-state index contributed by atoms with van der Waals surface area (Å²) in [5.41, 5.74) is 0.988. The summed E-state index contributed by atoms with van der Waals surface area (Å²) in [7, 11) is 0. The van der Waals surface area contributed by atoms with E-state index in [0.717, 1.165) is 5.69 Å². The fourth-order valence-electron chi connectivity index (χ4n) is 0.817. The molecule has 1 N–H and O–H groups in total. The van der Waals surface area contributed by atoms with E-state index in [2.05, 4.69) is 11.4 Å². The first-order valence-corrected chi connectivity index (χ1v) is 3.54. The first kappa shape index (κ1) is 7.62. The number of nitrogens with zero attached hydrogens (tertiary/aromatic N) is 1. The molecule has 0 bridgehead atoms. The highest BCUT2D eigenvalue weighted by atomic mass is 14.9. The van der Waals surface area contributed by atoms with E-state index in [0.29, 0.717) is 0 Å². The zero-order valence-electron chi connectivity index (χ0n) is 6.41. The van der Waals surface area contributed by atoms with Crippen LogP contribution in [0.25, 0.3) is 0 Å². The minimum Gasteiger partial charge on any atom is -0.370 e. The number of hydrogen-bond donors (Lipinski definition) is 1. The molecule has 1 aromatic carbocycles. The van der Waals surface area contributed by atoms with Gasteiger partial charge in [0.05, 0.1) is 6.07 Å². The Bertz CT molecular complexity index is 248. The fraction of sp³-hybridized carbons (Fsp3) is 0.222. The smallest absolute Gasteiger partial charge is 0.111 e. The number of benzene rings is 1. The van der Waals surface area contributed by atoms with Crippen LogP contribution in [-0.2, 0) is 0 Å². The first-order chi connectivity index (χ1) is 5.33. The topological polar surface area (TPSA) is 35.8 Å². The minimum absolute atomic E-state index is 0.127. The lowest BCUT2D eigenvalue weighted by atomic mass is 10.3. The summed E-state index contributed by atoms with van der Waals surface area (Å²) >= 11 is 0. The molecular weight excluding hydrogens is 136 g/mol. The number of anilines is 1. The second-order valence-corrected chi connectivity index (χ2v) is 2.36. The lowest BCUT2D eigenvalue weighted by Gasteiger charge is -2.05. The summed E-state index contributed by atoms with van der Waals surface area (Å²) in [5, 5.41) is 11.5. The van der Waals surface area contributed by atoms with Gasteiger partial charge in [0, 0.05) is 5.69 Å². The average molecular weight is 146 g/mol. The summed E-state index contributed by atoms with van der Waals surface area (Å²) in [6, 6.07) is 11.7. The summed E-state index contributed by atoms with van der Waals surface area (Å²) < 4.78 is 0. The molecule has 0 saturated carbocycles. The van der Waals surface area contributed by atoms with Crippen molar-refractivity contribution in [3.05, 3.63) is 30.3 Å². The quantitative estimate of drug-likeness (QED) is 0.692. The Balaban J connectivity index is 2.60. The standard InChI is InChI=1S/C9H10N2/c1-8(7-10)11-9-5-3-2-4-6-9/h2-6,8,11H,1H3/t8-/m1/s1. The maximum Gasteiger partial charge on any atom is 0.111 e. The third-order valence-corrected chi connectivity index (χ3v) is 1.35. The van der Waals surface area contributed by atoms with Crippen molar-refractivity contribution in [3.8, 4) is 6.07 Å². The largest absolute Gasteiger partial charge is 0.370 e. The Morgan fingerprint density at radius 1 is 1.36 bits per heavy atom. The lowest BCUT2D eigenvalue weighted by molar-refractivity contribution is 1.01. The van der Waals surface area contributed by atoms with Crippen molar-refractivity contribution in [2.75, 3.05) is 5.32 Å². The molecule has 0 amide bonds. The van der Waals surface area contributed by atoms with Gasteiger partial charge in [0.1, 0.15) is 6.04 Å². The van der Waals surface area contributed by atoms with Gasteiger partial charge in [0.2, 0.25) is 0 Å². The van der Waals surface area contributed by atoms with Crippen molar-refractivity contribution in [1.82, 2.24) is 0 Å². The maximum absolute atomic E-state index is 8.48. The van der Waals surface area contributed by atoms with E-state index in [4.69, 9.17) is 5.26 Å². The van der Waals surface area contributed by atoms with E-state index in [1.54, 1.807) is 0 Å². The van der Waals surface area contributed by atoms with Crippen LogP contribution in [0.15, 0.2) is 30.3 Å². The monoisotopic (exact) mass is 146 g/mol. The molecule has 0 aliphatic heterocycles. The minimum atomic E-state index is -0.127. The lowest BCUT2D eigenvalue weighted by Crippen LogP contribution is -2.11. The fourth-order valence-corrected chi connectivity index (χ4v) is 0.817. The maximum atomic E-state index is 8.48. The van der Waals surface area contributed by atoms with Gasteiger partial charge in [-0.15, -0.1) is 0 Å². The third kappa shape index (κ3) is 2.30. The molecular formula is C9H10N2. The highest BCUT2D eigenvalue weighted by Crippen LogP contribution is 2.05. The van der Waals surface area contributed by atoms with Gasteiger partial charge in [0.25, 0.3) is 0 Å². The molecule has 0 saturated heterocycles.